The average Bonchev–Trinajstić information content (AvgIpc) is 2.82. The van der Waals surface area contributed by atoms with E-state index in [0.29, 0.717) is 21.3 Å². The van der Waals surface area contributed by atoms with E-state index < -0.39 is 5.92 Å². The van der Waals surface area contributed by atoms with E-state index in [4.69, 9.17) is 27.9 Å². The molecule has 0 radical (unpaired) electrons. The predicted molar refractivity (Wildman–Crippen MR) is 102 cm³/mol. The van der Waals surface area contributed by atoms with Crippen molar-refractivity contribution < 1.29 is 14.3 Å². The second-order valence-corrected chi connectivity index (χ2v) is 7.87. The fraction of sp³-hybridized carbons (Fsp3) is 0.500. The fourth-order valence-electron chi connectivity index (χ4n) is 3.80. The van der Waals surface area contributed by atoms with Gasteiger partial charge in [0, 0.05) is 28.1 Å². The van der Waals surface area contributed by atoms with E-state index in [1.165, 1.54) is 12.8 Å². The van der Waals surface area contributed by atoms with Gasteiger partial charge in [0.1, 0.15) is 6.10 Å². The van der Waals surface area contributed by atoms with Crippen LogP contribution in [0.15, 0.2) is 29.5 Å². The van der Waals surface area contributed by atoms with Gasteiger partial charge in [-0.05, 0) is 50.3 Å². The molecule has 1 aliphatic heterocycles. The second kappa shape index (κ2) is 8.45. The molecule has 1 N–H and O–H groups in total. The molecule has 26 heavy (non-hydrogen) atoms. The lowest BCUT2D eigenvalue weighted by Gasteiger charge is -2.28. The van der Waals surface area contributed by atoms with Crippen molar-refractivity contribution >= 4 is 35.1 Å². The van der Waals surface area contributed by atoms with Crippen LogP contribution in [0.3, 0.4) is 0 Å². The summed E-state index contributed by atoms with van der Waals surface area (Å²) in [5.41, 5.74) is 1.74. The zero-order valence-corrected chi connectivity index (χ0v) is 16.3. The predicted octanol–water partition coefficient (Wildman–Crippen LogP) is 5.14. The summed E-state index contributed by atoms with van der Waals surface area (Å²) in [5.74, 6) is -0.915. The van der Waals surface area contributed by atoms with Crippen LogP contribution >= 0.6 is 23.2 Å². The molecular formula is C20H23Cl2NO3. The number of ether oxygens (including phenoxy) is 1. The molecular weight excluding hydrogens is 373 g/mol. The van der Waals surface area contributed by atoms with Crippen molar-refractivity contribution in [2.75, 3.05) is 0 Å². The summed E-state index contributed by atoms with van der Waals surface area (Å²) < 4.78 is 5.81. The summed E-state index contributed by atoms with van der Waals surface area (Å²) in [7, 11) is 0. The van der Waals surface area contributed by atoms with Gasteiger partial charge in [-0.25, -0.2) is 4.79 Å². The van der Waals surface area contributed by atoms with Gasteiger partial charge in [-0.1, -0.05) is 42.1 Å². The number of carbonyl (C=O) groups is 2. The van der Waals surface area contributed by atoms with E-state index >= 15 is 0 Å². The zero-order valence-electron chi connectivity index (χ0n) is 14.8. The number of hydrogen-bond donors (Lipinski definition) is 1. The van der Waals surface area contributed by atoms with Crippen molar-refractivity contribution in [1.82, 2.24) is 5.32 Å². The van der Waals surface area contributed by atoms with Crippen molar-refractivity contribution in [2.24, 2.45) is 0 Å². The highest BCUT2D eigenvalue weighted by molar-refractivity contribution is 6.35. The number of benzene rings is 1. The van der Waals surface area contributed by atoms with Crippen LogP contribution in [0, 0.1) is 0 Å². The first-order chi connectivity index (χ1) is 12.5. The summed E-state index contributed by atoms with van der Waals surface area (Å²) in [6, 6.07) is 5.13. The molecule has 0 saturated heterocycles. The number of rotatable bonds is 3. The molecule has 1 aromatic rings. The summed E-state index contributed by atoms with van der Waals surface area (Å²) in [4.78, 5) is 25.0. The van der Waals surface area contributed by atoms with Gasteiger partial charge in [-0.15, -0.1) is 0 Å². The fourth-order valence-corrected chi connectivity index (χ4v) is 4.34. The van der Waals surface area contributed by atoms with Crippen LogP contribution in [0.25, 0.3) is 0 Å². The van der Waals surface area contributed by atoms with Crippen LogP contribution in [0.4, 0.5) is 0 Å². The van der Waals surface area contributed by atoms with Crippen molar-refractivity contribution in [2.45, 2.75) is 63.9 Å². The van der Waals surface area contributed by atoms with Crippen molar-refractivity contribution in [3.8, 4) is 0 Å². The molecule has 1 atom stereocenters. The zero-order chi connectivity index (χ0) is 18.7. The first-order valence-corrected chi connectivity index (χ1v) is 9.88. The summed E-state index contributed by atoms with van der Waals surface area (Å²) in [5, 5.41) is 3.73. The van der Waals surface area contributed by atoms with E-state index in [1.807, 2.05) is 0 Å². The van der Waals surface area contributed by atoms with Crippen molar-refractivity contribution in [3.63, 3.8) is 0 Å². The minimum Gasteiger partial charge on any atom is -0.459 e. The molecule has 1 saturated carbocycles. The molecule has 140 valence electrons. The number of esters is 1. The van der Waals surface area contributed by atoms with Gasteiger partial charge < -0.3 is 10.1 Å². The van der Waals surface area contributed by atoms with Gasteiger partial charge in [0.05, 0.1) is 5.57 Å². The van der Waals surface area contributed by atoms with Crippen LogP contribution in [0.1, 0.15) is 63.4 Å². The van der Waals surface area contributed by atoms with Crippen LogP contribution in [-0.4, -0.2) is 18.0 Å². The molecule has 1 aromatic carbocycles. The quantitative estimate of drug-likeness (QED) is 0.569. The lowest BCUT2D eigenvalue weighted by atomic mass is 9.84. The Balaban J connectivity index is 1.88. The lowest BCUT2D eigenvalue weighted by molar-refractivity contribution is -0.145. The van der Waals surface area contributed by atoms with Gasteiger partial charge in [-0.3, -0.25) is 4.79 Å². The Kier molecular flexibility index (Phi) is 6.25. The van der Waals surface area contributed by atoms with Gasteiger partial charge in [-0.2, -0.15) is 0 Å². The number of nitrogens with one attached hydrogen (secondary N) is 1. The minimum atomic E-state index is -0.424. The number of amides is 1. The third kappa shape index (κ3) is 4.41. The molecule has 0 spiro atoms. The third-order valence-electron chi connectivity index (χ3n) is 5.10. The first-order valence-electron chi connectivity index (χ1n) is 9.12. The molecule has 0 unspecified atom stereocenters. The Labute approximate surface area is 163 Å². The molecule has 1 amide bonds. The summed E-state index contributed by atoms with van der Waals surface area (Å²) in [6.07, 6.45) is 6.45. The first kappa shape index (κ1) is 19.2. The molecule has 0 bridgehead atoms. The van der Waals surface area contributed by atoms with Crippen molar-refractivity contribution in [3.05, 3.63) is 45.1 Å². The highest BCUT2D eigenvalue weighted by Gasteiger charge is 2.34. The highest BCUT2D eigenvalue weighted by Crippen LogP contribution is 2.38. The maximum Gasteiger partial charge on any atom is 0.336 e. The highest BCUT2D eigenvalue weighted by atomic mass is 35.5. The van der Waals surface area contributed by atoms with Gasteiger partial charge in [0.25, 0.3) is 0 Å². The van der Waals surface area contributed by atoms with Gasteiger partial charge >= 0.3 is 5.97 Å². The molecule has 0 aromatic heterocycles. The van der Waals surface area contributed by atoms with Gasteiger partial charge in [0.15, 0.2) is 0 Å². The maximum atomic E-state index is 13.0. The summed E-state index contributed by atoms with van der Waals surface area (Å²) in [6.45, 7) is 1.73. The topological polar surface area (TPSA) is 55.4 Å². The maximum absolute atomic E-state index is 13.0. The Bertz CT molecular complexity index is 737. The Morgan fingerprint density at radius 1 is 1.15 bits per heavy atom. The lowest BCUT2D eigenvalue weighted by Crippen LogP contribution is -2.35. The summed E-state index contributed by atoms with van der Waals surface area (Å²) >= 11 is 12.3. The van der Waals surface area contributed by atoms with Crippen LogP contribution in [-0.2, 0) is 14.3 Å². The average molecular weight is 396 g/mol. The second-order valence-electron chi connectivity index (χ2n) is 7.03. The van der Waals surface area contributed by atoms with E-state index in [9.17, 15) is 9.59 Å². The number of hydrogen-bond acceptors (Lipinski definition) is 3. The standard InChI is InChI=1S/C20H23Cl2NO3/c1-12-19(20(25)26-14-6-4-2-3-5-7-14)16(11-18(24)23-12)15-9-8-13(21)10-17(15)22/h8-10,14,16H,2-7,11H2,1H3,(H,23,24)/t16-/m0/s1. The van der Waals surface area contributed by atoms with Crippen LogP contribution < -0.4 is 5.32 Å². The smallest absolute Gasteiger partial charge is 0.336 e. The molecule has 2 aliphatic rings. The van der Waals surface area contributed by atoms with E-state index in [2.05, 4.69) is 5.32 Å². The SMILES string of the molecule is CC1=C(C(=O)OC2CCCCCC2)[C@H](c2ccc(Cl)cc2Cl)CC(=O)N1. The molecule has 3 rings (SSSR count). The molecule has 6 heteroatoms. The van der Waals surface area contributed by atoms with Crippen LogP contribution in [0.5, 0.6) is 0 Å². The normalized spacial score (nSPS) is 22.0. The Morgan fingerprint density at radius 2 is 1.85 bits per heavy atom. The molecule has 1 aliphatic carbocycles. The third-order valence-corrected chi connectivity index (χ3v) is 5.67. The van der Waals surface area contributed by atoms with Crippen molar-refractivity contribution in [1.29, 1.82) is 0 Å². The van der Waals surface area contributed by atoms with Crippen LogP contribution in [0.2, 0.25) is 10.0 Å². The van der Waals surface area contributed by atoms with E-state index in [0.717, 1.165) is 31.2 Å². The minimum absolute atomic E-state index is 0.0516. The van der Waals surface area contributed by atoms with Gasteiger partial charge in [0.2, 0.25) is 5.91 Å². The molecule has 1 fully saturated rings. The number of halogens is 2. The Hall–Kier alpha value is -1.52. The largest absolute Gasteiger partial charge is 0.459 e. The molecule has 1 heterocycles. The molecule has 4 nitrogen and oxygen atoms in total. The number of carbonyl (C=O) groups excluding carboxylic acids is 2. The number of allylic oxidation sites excluding steroid dienone is 1. The van der Waals surface area contributed by atoms with E-state index in [-0.39, 0.29) is 24.4 Å². The van der Waals surface area contributed by atoms with E-state index in [1.54, 1.807) is 25.1 Å². The Morgan fingerprint density at radius 3 is 2.50 bits per heavy atom. The monoisotopic (exact) mass is 395 g/mol.